The predicted molar refractivity (Wildman–Crippen MR) is 197 cm³/mol. The van der Waals surface area contributed by atoms with Crippen LogP contribution in [0, 0.1) is 26.0 Å². The number of carbonyl (C=O) groups is 4. The SMILES string of the molecule is COc1[c-]cc(Oc2ccc(C(=O)c3ccc(C)cc3)cc2OC(=O)C(=O)Oc2cc(C(=O)c3ccc(C)cc3)ccc2Oc2c[c-]c(OC)cc2)cc1.[Y].[Y]. The number of benzene rings is 6. The largest absolute Gasteiger partial charge is 0.523 e. The Kier molecular flexibility index (Phi) is 15.8. The van der Waals surface area contributed by atoms with Gasteiger partial charge in [-0.05, 0) is 50.2 Å². The molecular formula is C44H32O10Y2-2. The number of hydrogen-bond donors (Lipinski definition) is 0. The maximum atomic E-state index is 13.4. The van der Waals surface area contributed by atoms with Gasteiger partial charge in [0.2, 0.25) is 0 Å². The number of ether oxygens (including phenoxy) is 6. The van der Waals surface area contributed by atoms with Crippen LogP contribution in [-0.2, 0) is 75.0 Å². The topological polar surface area (TPSA) is 124 Å². The van der Waals surface area contributed by atoms with Gasteiger partial charge in [0.05, 0.1) is 14.2 Å². The van der Waals surface area contributed by atoms with Crippen molar-refractivity contribution in [3.63, 3.8) is 0 Å². The first-order valence-corrected chi connectivity index (χ1v) is 16.5. The maximum Gasteiger partial charge on any atom is 0.423 e. The van der Waals surface area contributed by atoms with Crippen molar-refractivity contribution in [2.45, 2.75) is 13.8 Å². The molecule has 0 spiro atoms. The van der Waals surface area contributed by atoms with Gasteiger partial charge in [-0.1, -0.05) is 59.7 Å². The van der Waals surface area contributed by atoms with Crippen molar-refractivity contribution in [1.29, 1.82) is 0 Å². The van der Waals surface area contributed by atoms with E-state index in [1.807, 2.05) is 13.8 Å². The van der Waals surface area contributed by atoms with Gasteiger partial charge in [0.25, 0.3) is 0 Å². The smallest absolute Gasteiger partial charge is 0.423 e. The van der Waals surface area contributed by atoms with E-state index < -0.39 is 11.9 Å². The number of hydrogen-bond acceptors (Lipinski definition) is 10. The number of methoxy groups -OCH3 is 2. The van der Waals surface area contributed by atoms with Gasteiger partial charge in [-0.25, -0.2) is 9.59 Å². The molecule has 0 saturated heterocycles. The second-order valence-electron chi connectivity index (χ2n) is 11.9. The molecule has 276 valence electrons. The van der Waals surface area contributed by atoms with Gasteiger partial charge in [-0.15, -0.1) is 48.5 Å². The first kappa shape index (κ1) is 43.7. The summed E-state index contributed by atoms with van der Waals surface area (Å²) >= 11 is 0. The summed E-state index contributed by atoms with van der Waals surface area (Å²) < 4.78 is 33.3. The molecule has 0 N–H and O–H groups in total. The van der Waals surface area contributed by atoms with E-state index >= 15 is 0 Å². The van der Waals surface area contributed by atoms with Gasteiger partial charge < -0.3 is 28.4 Å². The summed E-state index contributed by atoms with van der Waals surface area (Å²) in [6.07, 6.45) is 0. The molecule has 12 heteroatoms. The van der Waals surface area contributed by atoms with Crippen molar-refractivity contribution >= 4 is 23.5 Å². The van der Waals surface area contributed by atoms with Gasteiger partial charge >= 0.3 is 11.9 Å². The molecule has 0 bridgehead atoms. The Labute approximate surface area is 374 Å². The first-order chi connectivity index (χ1) is 26.1. The van der Waals surface area contributed by atoms with Crippen LogP contribution >= 0.6 is 0 Å². The molecule has 0 aliphatic carbocycles. The normalized spacial score (nSPS) is 10.1. The minimum atomic E-state index is -1.44. The Morgan fingerprint density at radius 3 is 1.12 bits per heavy atom. The predicted octanol–water partition coefficient (Wildman–Crippen LogP) is 8.47. The van der Waals surface area contributed by atoms with Gasteiger partial charge in [0.15, 0.2) is 34.6 Å². The standard InChI is InChI=1S/C44H32O10.2Y/c1-27-5-9-29(10-6-27)41(45)31-13-23-37(51-35-19-15-33(49-3)16-20-35)39(25-31)53-43(47)44(48)54-40-26-32(42(46)30-11-7-28(2)8-12-30)14-24-38(40)52-36-21-17-34(50-4)18-22-36;;/h5-15,17,19-26H,1-4H3;;/q-2;;. The molecule has 0 saturated carbocycles. The summed E-state index contributed by atoms with van der Waals surface area (Å²) in [7, 11) is 3.00. The third-order valence-electron chi connectivity index (χ3n) is 8.02. The van der Waals surface area contributed by atoms with E-state index in [0.29, 0.717) is 34.1 Å². The molecule has 0 atom stereocenters. The van der Waals surface area contributed by atoms with Crippen LogP contribution in [0.15, 0.2) is 121 Å². The van der Waals surface area contributed by atoms with Crippen LogP contribution in [0.25, 0.3) is 0 Å². The second kappa shape index (κ2) is 20.3. The molecule has 56 heavy (non-hydrogen) atoms. The Hall–Kier alpha value is -4.99. The van der Waals surface area contributed by atoms with Crippen molar-refractivity contribution in [3.8, 4) is 46.0 Å². The van der Waals surface area contributed by atoms with Crippen LogP contribution in [0.3, 0.4) is 0 Å². The summed E-state index contributed by atoms with van der Waals surface area (Å²) in [4.78, 5) is 53.6. The molecule has 6 aromatic rings. The minimum Gasteiger partial charge on any atom is -0.523 e. The Morgan fingerprint density at radius 2 is 0.804 bits per heavy atom. The second-order valence-corrected chi connectivity index (χ2v) is 11.9. The van der Waals surface area contributed by atoms with Crippen molar-refractivity contribution in [1.82, 2.24) is 0 Å². The van der Waals surface area contributed by atoms with Gasteiger partial charge in [0, 0.05) is 111 Å². The van der Waals surface area contributed by atoms with E-state index in [4.69, 9.17) is 28.4 Å². The molecule has 6 rings (SSSR count). The quantitative estimate of drug-likeness (QED) is 0.0389. The summed E-state index contributed by atoms with van der Waals surface area (Å²) in [6.45, 7) is 3.80. The third-order valence-corrected chi connectivity index (χ3v) is 8.02. The molecule has 0 aliphatic heterocycles. The summed E-state index contributed by atoms with van der Waals surface area (Å²) in [5.74, 6) is -2.50. The fourth-order valence-electron chi connectivity index (χ4n) is 5.08. The first-order valence-electron chi connectivity index (χ1n) is 16.5. The maximum absolute atomic E-state index is 13.4. The Morgan fingerprint density at radius 1 is 0.446 bits per heavy atom. The molecule has 0 heterocycles. The molecule has 0 aliphatic rings. The molecule has 0 unspecified atom stereocenters. The average molecular weight is 899 g/mol. The van der Waals surface area contributed by atoms with Crippen LogP contribution in [-0.4, -0.2) is 37.7 Å². The number of aryl methyl sites for hydroxylation is 2. The number of ketones is 2. The van der Waals surface area contributed by atoms with Crippen molar-refractivity contribution in [2.75, 3.05) is 14.2 Å². The zero-order valence-corrected chi connectivity index (χ0v) is 36.5. The molecule has 0 fully saturated rings. The van der Waals surface area contributed by atoms with E-state index in [9.17, 15) is 19.2 Å². The Balaban J connectivity index is 0.00000348. The van der Waals surface area contributed by atoms with Crippen molar-refractivity contribution in [2.24, 2.45) is 0 Å². The van der Waals surface area contributed by atoms with Crippen molar-refractivity contribution in [3.05, 3.63) is 167 Å². The summed E-state index contributed by atoms with van der Waals surface area (Å²) in [5, 5.41) is 0. The fourth-order valence-corrected chi connectivity index (χ4v) is 5.08. The molecule has 0 aromatic heterocycles. The van der Waals surface area contributed by atoms with E-state index in [1.165, 1.54) is 62.8 Å². The number of rotatable bonds is 12. The van der Waals surface area contributed by atoms with Gasteiger partial charge in [0.1, 0.15) is 0 Å². The monoisotopic (exact) mass is 898 g/mol. The van der Waals surface area contributed by atoms with Gasteiger partial charge in [-0.3, -0.25) is 9.59 Å². The minimum absolute atomic E-state index is 0. The summed E-state index contributed by atoms with van der Waals surface area (Å²) in [6, 6.07) is 37.7. The van der Waals surface area contributed by atoms with Gasteiger partial charge in [-0.2, -0.15) is 0 Å². The van der Waals surface area contributed by atoms with Crippen LogP contribution < -0.4 is 28.4 Å². The van der Waals surface area contributed by atoms with Crippen LogP contribution in [0.1, 0.15) is 43.0 Å². The summed E-state index contributed by atoms with van der Waals surface area (Å²) in [5.41, 5.74) is 3.08. The number of carbonyl (C=O) groups excluding carboxylic acids is 4. The van der Waals surface area contributed by atoms with E-state index in [2.05, 4.69) is 12.1 Å². The van der Waals surface area contributed by atoms with E-state index in [1.54, 1.807) is 72.8 Å². The molecule has 10 nitrogen and oxygen atoms in total. The molecule has 6 aromatic carbocycles. The Bertz CT molecular complexity index is 2160. The third kappa shape index (κ3) is 11.1. The van der Waals surface area contributed by atoms with Crippen LogP contribution in [0.4, 0.5) is 0 Å². The zero-order chi connectivity index (χ0) is 38.2. The van der Waals surface area contributed by atoms with E-state index in [0.717, 1.165) is 11.1 Å². The van der Waals surface area contributed by atoms with E-state index in [-0.39, 0.29) is 111 Å². The molecule has 0 amide bonds. The number of esters is 2. The fraction of sp³-hybridized carbons (Fsp3) is 0.0909. The van der Waals surface area contributed by atoms with Crippen LogP contribution in [0.5, 0.6) is 46.0 Å². The average Bonchev–Trinajstić information content (AvgIpc) is 3.19. The van der Waals surface area contributed by atoms with Crippen LogP contribution in [0.2, 0.25) is 0 Å². The molecular weight excluding hydrogens is 866 g/mol. The molecule has 2 radical (unpaired) electrons. The van der Waals surface area contributed by atoms with Crippen molar-refractivity contribution < 1.29 is 113 Å². The zero-order valence-electron chi connectivity index (χ0n) is 30.8.